The van der Waals surface area contributed by atoms with Gasteiger partial charge in [-0.25, -0.2) is 4.79 Å². The number of carboxylic acid groups (broad SMARTS) is 1. The lowest BCUT2D eigenvalue weighted by Gasteiger charge is -2.07. The van der Waals surface area contributed by atoms with Crippen LogP contribution < -0.4 is 0 Å². The van der Waals surface area contributed by atoms with Crippen molar-refractivity contribution >= 4 is 23.4 Å². The molecule has 0 fully saturated rings. The van der Waals surface area contributed by atoms with Crippen molar-refractivity contribution in [2.45, 2.75) is 16.7 Å². The maximum Gasteiger partial charge on any atom is 0.335 e. The van der Waals surface area contributed by atoms with E-state index in [4.69, 9.17) is 5.11 Å². The fourth-order valence-electron chi connectivity index (χ4n) is 1.63. The number of nitrogens with zero attached hydrogens (tertiary/aromatic N) is 2. The number of hydrogen-bond donors (Lipinski definition) is 1. The van der Waals surface area contributed by atoms with E-state index in [9.17, 15) is 14.9 Å². The second-order valence-corrected chi connectivity index (χ2v) is 5.08. The minimum Gasteiger partial charge on any atom is -0.478 e. The van der Waals surface area contributed by atoms with Crippen molar-refractivity contribution in [2.75, 3.05) is 0 Å². The Balaban J connectivity index is 2.51. The van der Waals surface area contributed by atoms with Gasteiger partial charge in [0.1, 0.15) is 0 Å². The SMILES string of the molecule is Cc1c(Sc2ccncc2)cc(C(=O)O)cc1[N+](=O)[O-]. The summed E-state index contributed by atoms with van der Waals surface area (Å²) in [6, 6.07) is 6.02. The first-order chi connectivity index (χ1) is 9.49. The zero-order valence-electron chi connectivity index (χ0n) is 10.4. The fraction of sp³-hybridized carbons (Fsp3) is 0.0769. The highest BCUT2D eigenvalue weighted by Crippen LogP contribution is 2.35. The summed E-state index contributed by atoms with van der Waals surface area (Å²) in [7, 11) is 0. The molecule has 0 aliphatic rings. The maximum atomic E-state index is 11.0. The Morgan fingerprint density at radius 2 is 2.00 bits per heavy atom. The van der Waals surface area contributed by atoms with E-state index in [0.29, 0.717) is 10.5 Å². The van der Waals surface area contributed by atoms with Gasteiger partial charge in [0.2, 0.25) is 0 Å². The van der Waals surface area contributed by atoms with Crippen molar-refractivity contribution in [1.82, 2.24) is 4.98 Å². The average molecular weight is 290 g/mol. The first-order valence-electron chi connectivity index (χ1n) is 5.59. The average Bonchev–Trinajstić information content (AvgIpc) is 2.41. The third-order valence-electron chi connectivity index (χ3n) is 2.65. The Hall–Kier alpha value is -2.41. The van der Waals surface area contributed by atoms with Gasteiger partial charge in [-0.15, -0.1) is 0 Å². The second-order valence-electron chi connectivity index (χ2n) is 3.97. The Kier molecular flexibility index (Phi) is 3.99. The summed E-state index contributed by atoms with van der Waals surface area (Å²) in [6.07, 6.45) is 3.21. The standard InChI is InChI=1S/C13H10N2O4S/c1-8-11(15(18)19)6-9(13(16)17)7-12(8)20-10-2-4-14-5-3-10/h2-7H,1H3,(H,16,17). The molecular formula is C13H10N2O4S. The zero-order chi connectivity index (χ0) is 14.7. The van der Waals surface area contributed by atoms with Gasteiger partial charge in [-0.2, -0.15) is 0 Å². The van der Waals surface area contributed by atoms with Crippen LogP contribution in [0.1, 0.15) is 15.9 Å². The highest BCUT2D eigenvalue weighted by molar-refractivity contribution is 7.99. The van der Waals surface area contributed by atoms with Crippen LogP contribution in [0.15, 0.2) is 46.5 Å². The topological polar surface area (TPSA) is 93.3 Å². The van der Waals surface area contributed by atoms with E-state index >= 15 is 0 Å². The van der Waals surface area contributed by atoms with Crippen LogP contribution in [-0.4, -0.2) is 21.0 Å². The van der Waals surface area contributed by atoms with E-state index in [1.807, 2.05) is 0 Å². The predicted octanol–water partition coefficient (Wildman–Crippen LogP) is 3.15. The normalized spacial score (nSPS) is 10.2. The number of hydrogen-bond acceptors (Lipinski definition) is 5. The molecule has 6 nitrogen and oxygen atoms in total. The van der Waals surface area contributed by atoms with Gasteiger partial charge in [-0.3, -0.25) is 15.1 Å². The summed E-state index contributed by atoms with van der Waals surface area (Å²) in [4.78, 5) is 26.7. The summed E-state index contributed by atoms with van der Waals surface area (Å²) in [5, 5.41) is 20.0. The number of aromatic nitrogens is 1. The molecule has 0 saturated heterocycles. The number of pyridine rings is 1. The Morgan fingerprint density at radius 3 is 2.55 bits per heavy atom. The van der Waals surface area contributed by atoms with Gasteiger partial charge in [0, 0.05) is 33.8 Å². The Labute approximate surface area is 118 Å². The predicted molar refractivity (Wildman–Crippen MR) is 73.2 cm³/mol. The van der Waals surface area contributed by atoms with Gasteiger partial charge in [0.15, 0.2) is 0 Å². The maximum absolute atomic E-state index is 11.0. The van der Waals surface area contributed by atoms with E-state index < -0.39 is 10.9 Å². The van der Waals surface area contributed by atoms with Crippen LogP contribution in [0.3, 0.4) is 0 Å². The molecule has 0 radical (unpaired) electrons. The Bertz CT molecular complexity index is 674. The van der Waals surface area contributed by atoms with E-state index in [2.05, 4.69) is 4.98 Å². The number of carbonyl (C=O) groups is 1. The summed E-state index contributed by atoms with van der Waals surface area (Å²) in [6.45, 7) is 1.60. The summed E-state index contributed by atoms with van der Waals surface area (Å²) in [5.41, 5.74) is 0.155. The molecular weight excluding hydrogens is 280 g/mol. The number of nitro benzene ring substituents is 1. The van der Waals surface area contributed by atoms with Gasteiger partial charge >= 0.3 is 5.97 Å². The van der Waals surface area contributed by atoms with Crippen LogP contribution in [0.2, 0.25) is 0 Å². The van der Waals surface area contributed by atoms with Gasteiger partial charge < -0.3 is 5.11 Å². The minimum atomic E-state index is -1.19. The first kappa shape index (κ1) is 14.0. The molecule has 2 rings (SSSR count). The molecule has 0 aliphatic heterocycles. The molecule has 1 aromatic heterocycles. The lowest BCUT2D eigenvalue weighted by molar-refractivity contribution is -0.385. The number of benzene rings is 1. The van der Waals surface area contributed by atoms with Crippen molar-refractivity contribution in [1.29, 1.82) is 0 Å². The lowest BCUT2D eigenvalue weighted by Crippen LogP contribution is -2.01. The molecule has 0 saturated carbocycles. The molecule has 1 N–H and O–H groups in total. The van der Waals surface area contributed by atoms with Crippen LogP contribution >= 0.6 is 11.8 Å². The molecule has 20 heavy (non-hydrogen) atoms. The van der Waals surface area contributed by atoms with E-state index in [-0.39, 0.29) is 11.3 Å². The molecule has 2 aromatic rings. The molecule has 0 spiro atoms. The zero-order valence-corrected chi connectivity index (χ0v) is 11.3. The van der Waals surface area contributed by atoms with Crippen LogP contribution in [0.25, 0.3) is 0 Å². The van der Waals surface area contributed by atoms with E-state index in [1.54, 1.807) is 31.5 Å². The molecule has 1 aromatic carbocycles. The molecule has 102 valence electrons. The molecule has 0 unspecified atom stereocenters. The third-order valence-corrected chi connectivity index (χ3v) is 3.81. The second kappa shape index (κ2) is 5.70. The first-order valence-corrected chi connectivity index (χ1v) is 6.41. The molecule has 0 aliphatic carbocycles. The monoisotopic (exact) mass is 290 g/mol. The van der Waals surface area contributed by atoms with E-state index in [0.717, 1.165) is 11.0 Å². The summed E-state index contributed by atoms with van der Waals surface area (Å²) >= 11 is 1.27. The fourth-order valence-corrected chi connectivity index (χ4v) is 2.58. The highest BCUT2D eigenvalue weighted by Gasteiger charge is 2.19. The van der Waals surface area contributed by atoms with Crippen molar-refractivity contribution < 1.29 is 14.8 Å². The van der Waals surface area contributed by atoms with Crippen LogP contribution in [0, 0.1) is 17.0 Å². The molecule has 0 atom stereocenters. The largest absolute Gasteiger partial charge is 0.478 e. The smallest absolute Gasteiger partial charge is 0.335 e. The van der Waals surface area contributed by atoms with Crippen molar-refractivity contribution in [3.05, 3.63) is 57.9 Å². The van der Waals surface area contributed by atoms with Gasteiger partial charge in [-0.05, 0) is 25.1 Å². The highest BCUT2D eigenvalue weighted by atomic mass is 32.2. The molecule has 7 heteroatoms. The molecule has 1 heterocycles. The molecule has 0 bridgehead atoms. The number of nitro groups is 1. The Morgan fingerprint density at radius 1 is 1.35 bits per heavy atom. The van der Waals surface area contributed by atoms with Crippen LogP contribution in [0.5, 0.6) is 0 Å². The van der Waals surface area contributed by atoms with Crippen LogP contribution in [0.4, 0.5) is 5.69 Å². The van der Waals surface area contributed by atoms with Crippen molar-refractivity contribution in [3.8, 4) is 0 Å². The van der Waals surface area contributed by atoms with E-state index in [1.165, 1.54) is 17.8 Å². The summed E-state index contributed by atoms with van der Waals surface area (Å²) < 4.78 is 0. The van der Waals surface area contributed by atoms with Gasteiger partial charge in [0.25, 0.3) is 5.69 Å². The summed E-state index contributed by atoms with van der Waals surface area (Å²) in [5.74, 6) is -1.19. The van der Waals surface area contributed by atoms with Crippen molar-refractivity contribution in [2.24, 2.45) is 0 Å². The van der Waals surface area contributed by atoms with Crippen LogP contribution in [-0.2, 0) is 0 Å². The van der Waals surface area contributed by atoms with Gasteiger partial charge in [-0.1, -0.05) is 11.8 Å². The van der Waals surface area contributed by atoms with Crippen molar-refractivity contribution in [3.63, 3.8) is 0 Å². The number of rotatable bonds is 4. The number of carboxylic acids is 1. The lowest BCUT2D eigenvalue weighted by atomic mass is 10.1. The quantitative estimate of drug-likeness (QED) is 0.686. The van der Waals surface area contributed by atoms with Gasteiger partial charge in [0.05, 0.1) is 10.5 Å². The number of aromatic carboxylic acids is 1. The minimum absolute atomic E-state index is 0.0983. The third kappa shape index (κ3) is 2.94. The molecule has 0 amide bonds.